The summed E-state index contributed by atoms with van der Waals surface area (Å²) in [5, 5.41) is 0. The van der Waals surface area contributed by atoms with Crippen LogP contribution in [0.2, 0.25) is 0 Å². The van der Waals surface area contributed by atoms with E-state index < -0.39 is 0 Å². The van der Waals surface area contributed by atoms with Gasteiger partial charge in [-0.05, 0) is 25.5 Å². The highest BCUT2D eigenvalue weighted by atomic mass is 16.5. The molecule has 0 aliphatic rings. The van der Waals surface area contributed by atoms with Crippen LogP contribution < -0.4 is 0 Å². The van der Waals surface area contributed by atoms with Crippen molar-refractivity contribution < 1.29 is 9.47 Å². The van der Waals surface area contributed by atoms with Gasteiger partial charge in [0.15, 0.2) is 0 Å². The van der Waals surface area contributed by atoms with Crippen LogP contribution in [-0.2, 0) is 9.47 Å². The molecule has 0 fully saturated rings. The molecule has 2 atom stereocenters. The predicted molar refractivity (Wildman–Crippen MR) is 100 cm³/mol. The molecule has 0 aromatic carbocycles. The molecule has 3 nitrogen and oxygen atoms in total. The van der Waals surface area contributed by atoms with Crippen LogP contribution in [-0.4, -0.2) is 44.9 Å². The summed E-state index contributed by atoms with van der Waals surface area (Å²) in [6.07, 6.45) is 7.88. The number of nitrogens with zero attached hydrogens (tertiary/aromatic N) is 1. The summed E-state index contributed by atoms with van der Waals surface area (Å²) >= 11 is 0. The first-order valence-corrected chi connectivity index (χ1v) is 7.85. The van der Waals surface area contributed by atoms with Crippen molar-refractivity contribution >= 4 is 0 Å². The fourth-order valence-corrected chi connectivity index (χ4v) is 2.68. The maximum absolute atomic E-state index is 5.45. The molecule has 0 saturated heterocycles. The summed E-state index contributed by atoms with van der Waals surface area (Å²) in [4.78, 5) is 2.17. The van der Waals surface area contributed by atoms with Gasteiger partial charge in [-0.15, -0.1) is 0 Å². The van der Waals surface area contributed by atoms with Gasteiger partial charge in [-0.2, -0.15) is 0 Å². The average Bonchev–Trinajstić information content (AvgIpc) is 2.55. The van der Waals surface area contributed by atoms with Crippen molar-refractivity contribution in [1.82, 2.24) is 4.90 Å². The Morgan fingerprint density at radius 1 is 1.26 bits per heavy atom. The van der Waals surface area contributed by atoms with Gasteiger partial charge in [0.1, 0.15) is 0 Å². The lowest BCUT2D eigenvalue weighted by atomic mass is 9.75. The van der Waals surface area contributed by atoms with Crippen LogP contribution in [0.25, 0.3) is 0 Å². The smallest absolute Gasteiger partial charge is 0.0696 e. The molecule has 0 spiro atoms. The third kappa shape index (κ3) is 5.22. The minimum Gasteiger partial charge on any atom is -0.381 e. The van der Waals surface area contributed by atoms with Gasteiger partial charge < -0.3 is 14.4 Å². The van der Waals surface area contributed by atoms with Gasteiger partial charge in [0.25, 0.3) is 0 Å². The third-order valence-electron chi connectivity index (χ3n) is 4.59. The summed E-state index contributed by atoms with van der Waals surface area (Å²) in [6, 6.07) is 0. The second kappa shape index (κ2) is 10.2. The molecule has 0 rings (SSSR count). The van der Waals surface area contributed by atoms with Gasteiger partial charge in [-0.3, -0.25) is 0 Å². The van der Waals surface area contributed by atoms with E-state index in [1.54, 1.807) is 14.2 Å². The highest BCUT2D eigenvalue weighted by molar-refractivity contribution is 5.33. The van der Waals surface area contributed by atoms with E-state index in [9.17, 15) is 0 Å². The van der Waals surface area contributed by atoms with E-state index in [-0.39, 0.29) is 11.5 Å². The van der Waals surface area contributed by atoms with Gasteiger partial charge in [0.2, 0.25) is 0 Å². The molecule has 2 unspecified atom stereocenters. The molecule has 0 saturated carbocycles. The minimum atomic E-state index is -0.351. The molecular weight excluding hydrogens is 286 g/mol. The number of likely N-dealkylation sites (N-methyl/N-ethyl adjacent to an activating group) is 1. The molecular formula is C20H33NO2. The number of hydrogen-bond acceptors (Lipinski definition) is 3. The number of allylic oxidation sites excluding steroid dienone is 3. The van der Waals surface area contributed by atoms with Gasteiger partial charge in [-0.1, -0.05) is 50.5 Å². The zero-order valence-corrected chi connectivity index (χ0v) is 15.7. The summed E-state index contributed by atoms with van der Waals surface area (Å²) in [7, 11) is 5.44. The predicted octanol–water partition coefficient (Wildman–Crippen LogP) is 4.36. The summed E-state index contributed by atoms with van der Waals surface area (Å²) < 4.78 is 10.7. The molecule has 0 aromatic heterocycles. The maximum atomic E-state index is 5.45. The lowest BCUT2D eigenvalue weighted by Crippen LogP contribution is -2.51. The van der Waals surface area contributed by atoms with Crippen LogP contribution in [0.15, 0.2) is 60.9 Å². The van der Waals surface area contributed by atoms with Crippen LogP contribution in [0.5, 0.6) is 0 Å². The Labute approximate surface area is 142 Å². The molecule has 0 N–H and O–H groups in total. The third-order valence-corrected chi connectivity index (χ3v) is 4.59. The number of hydrogen-bond donors (Lipinski definition) is 0. The molecule has 23 heavy (non-hydrogen) atoms. The average molecular weight is 319 g/mol. The molecule has 0 aliphatic heterocycles. The topological polar surface area (TPSA) is 21.7 Å². The lowest BCUT2D eigenvalue weighted by molar-refractivity contribution is 0.136. The summed E-state index contributed by atoms with van der Waals surface area (Å²) in [5.41, 5.74) is 2.69. The maximum Gasteiger partial charge on any atom is 0.0696 e. The van der Waals surface area contributed by atoms with E-state index in [0.29, 0.717) is 13.2 Å². The Balaban J connectivity index is 6.08. The first-order valence-electron chi connectivity index (χ1n) is 7.85. The molecule has 0 aromatic rings. The quantitative estimate of drug-likeness (QED) is 0.417. The highest BCUT2D eigenvalue weighted by Crippen LogP contribution is 2.38. The Hall–Kier alpha value is -1.58. The minimum absolute atomic E-state index is 0.130. The van der Waals surface area contributed by atoms with Crippen molar-refractivity contribution in [3.63, 3.8) is 0 Å². The van der Waals surface area contributed by atoms with Gasteiger partial charge in [0, 0.05) is 32.9 Å². The van der Waals surface area contributed by atoms with Gasteiger partial charge >= 0.3 is 0 Å². The second-order valence-corrected chi connectivity index (χ2v) is 5.82. The van der Waals surface area contributed by atoms with Crippen LogP contribution in [0, 0.1) is 5.92 Å². The van der Waals surface area contributed by atoms with Crippen LogP contribution in [0.4, 0.5) is 0 Å². The molecule has 0 aliphatic carbocycles. The standard InChI is InChI=1S/C20H33NO2/c1-10-12-17(4)21(7)20(6,18(5)16(3)11-2)19(15-23-9)13-14-22-8/h10-13,18H,2-4,14-15H2,1,5-9H3/b12-10-,19-13+. The van der Waals surface area contributed by atoms with Crippen LogP contribution >= 0.6 is 0 Å². The summed E-state index contributed by atoms with van der Waals surface area (Å²) in [5.74, 6) is 0.130. The van der Waals surface area contributed by atoms with Crippen molar-refractivity contribution in [2.75, 3.05) is 34.5 Å². The molecule has 0 amide bonds. The zero-order valence-electron chi connectivity index (χ0n) is 15.7. The highest BCUT2D eigenvalue weighted by Gasteiger charge is 2.39. The van der Waals surface area contributed by atoms with E-state index in [4.69, 9.17) is 9.47 Å². The Morgan fingerprint density at radius 2 is 1.87 bits per heavy atom. The van der Waals surface area contributed by atoms with E-state index in [1.807, 2.05) is 32.2 Å². The Bertz CT molecular complexity index is 476. The SMILES string of the molecule is C=CC(=C)C(C)C(C)(/C(=C/COC)COC)N(C)C(=C)/C=C\C. The van der Waals surface area contributed by atoms with E-state index in [0.717, 1.165) is 16.8 Å². The fourth-order valence-electron chi connectivity index (χ4n) is 2.68. The zero-order chi connectivity index (χ0) is 18.0. The Morgan fingerprint density at radius 3 is 2.30 bits per heavy atom. The van der Waals surface area contributed by atoms with Crippen molar-refractivity contribution in [2.24, 2.45) is 5.92 Å². The first kappa shape index (κ1) is 21.4. The fraction of sp³-hybridized carbons (Fsp3) is 0.500. The van der Waals surface area contributed by atoms with Crippen LogP contribution in [0.3, 0.4) is 0 Å². The van der Waals surface area contributed by atoms with Crippen molar-refractivity contribution in [3.05, 3.63) is 60.9 Å². The van der Waals surface area contributed by atoms with Gasteiger partial charge in [-0.25, -0.2) is 0 Å². The normalized spacial score (nSPS) is 16.0. The first-order chi connectivity index (χ1) is 10.8. The largest absolute Gasteiger partial charge is 0.381 e. The van der Waals surface area contributed by atoms with Crippen molar-refractivity contribution in [1.29, 1.82) is 0 Å². The van der Waals surface area contributed by atoms with E-state index in [2.05, 4.69) is 44.6 Å². The lowest BCUT2D eigenvalue weighted by Gasteiger charge is -2.47. The number of ether oxygens (including phenoxy) is 2. The molecule has 0 radical (unpaired) electrons. The van der Waals surface area contributed by atoms with Crippen molar-refractivity contribution in [3.8, 4) is 0 Å². The second-order valence-electron chi connectivity index (χ2n) is 5.82. The monoisotopic (exact) mass is 319 g/mol. The Kier molecular flexibility index (Phi) is 9.54. The molecule has 130 valence electrons. The molecule has 3 heteroatoms. The van der Waals surface area contributed by atoms with Gasteiger partial charge in [0.05, 0.1) is 18.8 Å². The van der Waals surface area contributed by atoms with E-state index >= 15 is 0 Å². The number of methoxy groups -OCH3 is 2. The van der Waals surface area contributed by atoms with Crippen molar-refractivity contribution in [2.45, 2.75) is 26.3 Å². The van der Waals surface area contributed by atoms with E-state index in [1.165, 1.54) is 0 Å². The molecule has 0 bridgehead atoms. The number of rotatable bonds is 11. The summed E-state index contributed by atoms with van der Waals surface area (Å²) in [6.45, 7) is 19.6. The van der Waals surface area contributed by atoms with Crippen LogP contribution in [0.1, 0.15) is 20.8 Å². The molecule has 0 heterocycles.